The molecule has 1 aliphatic rings. The van der Waals surface area contributed by atoms with Crippen LogP contribution in [0.2, 0.25) is 10.0 Å². The van der Waals surface area contributed by atoms with Gasteiger partial charge in [-0.1, -0.05) is 35.3 Å². The average Bonchev–Trinajstić information content (AvgIpc) is 2.59. The topological polar surface area (TPSA) is 76.1 Å². The molecule has 6 nitrogen and oxygen atoms in total. The Kier molecular flexibility index (Phi) is 6.34. The molecule has 0 saturated carbocycles. The van der Waals surface area contributed by atoms with Crippen molar-refractivity contribution in [2.45, 2.75) is 19.8 Å². The van der Waals surface area contributed by atoms with Gasteiger partial charge in [-0.05, 0) is 25.5 Å². The number of nitrogens with zero attached hydrogens (tertiary/aromatic N) is 1. The number of hydrogen-bond acceptors (Lipinski definition) is 5. The van der Waals surface area contributed by atoms with Crippen LogP contribution in [0, 0.1) is 0 Å². The predicted molar refractivity (Wildman–Crippen MR) is 98.0 cm³/mol. The third-order valence-electron chi connectivity index (χ3n) is 4.35. The molecular weight excluding hydrogens is 381 g/mol. The molecule has 0 saturated heterocycles. The van der Waals surface area contributed by atoms with Crippen molar-refractivity contribution in [3.05, 3.63) is 56.3 Å². The Labute approximate surface area is 161 Å². The maximum atomic E-state index is 12.5. The summed E-state index contributed by atoms with van der Waals surface area (Å²) in [5.74, 6) is -2.73. The van der Waals surface area contributed by atoms with Crippen molar-refractivity contribution in [3.63, 3.8) is 0 Å². The molecule has 8 heteroatoms. The van der Waals surface area contributed by atoms with Gasteiger partial charge in [0.05, 0.1) is 34.2 Å². The summed E-state index contributed by atoms with van der Waals surface area (Å²) >= 11 is 12.5. The number of carbonyl (C=O) groups is 2. The number of esters is 1. The highest BCUT2D eigenvalue weighted by molar-refractivity contribution is 6.42. The maximum Gasteiger partial charge on any atom is 0.336 e. The van der Waals surface area contributed by atoms with E-state index in [0.29, 0.717) is 17.0 Å². The van der Waals surface area contributed by atoms with E-state index < -0.39 is 17.9 Å². The molecule has 1 atom stereocenters. The number of methoxy groups -OCH3 is 2. The van der Waals surface area contributed by atoms with E-state index >= 15 is 0 Å². The number of carboxylic acid groups (broad SMARTS) is 1. The summed E-state index contributed by atoms with van der Waals surface area (Å²) < 4.78 is 10.1. The van der Waals surface area contributed by atoms with Crippen LogP contribution in [0.1, 0.15) is 25.3 Å². The van der Waals surface area contributed by atoms with Gasteiger partial charge in [-0.15, -0.1) is 0 Å². The summed E-state index contributed by atoms with van der Waals surface area (Å²) in [4.78, 5) is 26.2. The molecular formula is C18H19Cl2NO5. The molecule has 0 radical (unpaired) electrons. The predicted octanol–water partition coefficient (Wildman–Crippen LogP) is 3.80. The quantitative estimate of drug-likeness (QED) is 0.758. The van der Waals surface area contributed by atoms with E-state index in [9.17, 15) is 14.7 Å². The third kappa shape index (κ3) is 3.45. The van der Waals surface area contributed by atoms with Crippen LogP contribution >= 0.6 is 23.2 Å². The summed E-state index contributed by atoms with van der Waals surface area (Å²) in [6, 6.07) is 4.90. The SMILES string of the molecule is COCN1C(C)=C(C(=O)O)C(c2cccc(Cl)c2Cl)C(C(=O)OC)=C1C. The minimum Gasteiger partial charge on any atom is -0.478 e. The highest BCUT2D eigenvalue weighted by Gasteiger charge is 2.40. The van der Waals surface area contributed by atoms with Crippen molar-refractivity contribution in [1.29, 1.82) is 0 Å². The monoisotopic (exact) mass is 399 g/mol. The van der Waals surface area contributed by atoms with Gasteiger partial charge in [0.1, 0.15) is 6.73 Å². The van der Waals surface area contributed by atoms with Gasteiger partial charge in [-0.2, -0.15) is 0 Å². The van der Waals surface area contributed by atoms with Gasteiger partial charge in [-0.3, -0.25) is 0 Å². The summed E-state index contributed by atoms with van der Waals surface area (Å²) in [5, 5.41) is 10.3. The minimum absolute atomic E-state index is 0.0113. The zero-order valence-electron chi connectivity index (χ0n) is 14.8. The van der Waals surface area contributed by atoms with E-state index in [1.54, 1.807) is 36.9 Å². The van der Waals surface area contributed by atoms with Crippen molar-refractivity contribution in [2.24, 2.45) is 0 Å². The summed E-state index contributed by atoms with van der Waals surface area (Å²) in [6.45, 7) is 3.45. The summed E-state index contributed by atoms with van der Waals surface area (Å²) in [6.07, 6.45) is 0. The molecule has 140 valence electrons. The molecule has 1 aromatic rings. The Hall–Kier alpha value is -2.02. The van der Waals surface area contributed by atoms with Gasteiger partial charge in [0, 0.05) is 18.5 Å². The molecule has 0 amide bonds. The van der Waals surface area contributed by atoms with Crippen LogP contribution in [0.5, 0.6) is 0 Å². The summed E-state index contributed by atoms with van der Waals surface area (Å²) in [7, 11) is 2.73. The van der Waals surface area contributed by atoms with E-state index in [-0.39, 0.29) is 27.9 Å². The van der Waals surface area contributed by atoms with Crippen LogP contribution in [0.15, 0.2) is 40.7 Å². The lowest BCUT2D eigenvalue weighted by molar-refractivity contribution is -0.136. The standard InChI is InChI=1S/C18H19Cl2NO5/c1-9-13(17(22)23)15(11-6-5-7-12(19)16(11)20)14(18(24)26-4)10(2)21(9)8-25-3/h5-7,15H,8H2,1-4H3,(H,22,23). The zero-order valence-corrected chi connectivity index (χ0v) is 16.3. The number of ether oxygens (including phenoxy) is 2. The first-order valence-electron chi connectivity index (χ1n) is 7.69. The first kappa shape index (κ1) is 20.3. The largest absolute Gasteiger partial charge is 0.478 e. The number of carbonyl (C=O) groups excluding carboxylic acids is 1. The van der Waals surface area contributed by atoms with Crippen LogP contribution in [-0.4, -0.2) is 42.9 Å². The van der Waals surface area contributed by atoms with Crippen molar-refractivity contribution < 1.29 is 24.2 Å². The molecule has 0 aliphatic carbocycles. The maximum absolute atomic E-state index is 12.5. The first-order valence-corrected chi connectivity index (χ1v) is 8.45. The van der Waals surface area contributed by atoms with E-state index in [1.165, 1.54) is 14.2 Å². The average molecular weight is 400 g/mol. The van der Waals surface area contributed by atoms with E-state index in [2.05, 4.69) is 0 Å². The van der Waals surface area contributed by atoms with Gasteiger partial charge < -0.3 is 19.5 Å². The van der Waals surface area contributed by atoms with Gasteiger partial charge in [0.15, 0.2) is 0 Å². The number of halogens is 2. The number of hydrogen-bond donors (Lipinski definition) is 1. The fourth-order valence-electron chi connectivity index (χ4n) is 3.14. The van der Waals surface area contributed by atoms with Crippen molar-refractivity contribution in [1.82, 2.24) is 4.90 Å². The van der Waals surface area contributed by atoms with Crippen molar-refractivity contribution in [2.75, 3.05) is 21.0 Å². The van der Waals surface area contributed by atoms with Crippen LogP contribution in [0.25, 0.3) is 0 Å². The highest BCUT2D eigenvalue weighted by Crippen LogP contribution is 2.45. The summed E-state index contributed by atoms with van der Waals surface area (Å²) in [5.41, 5.74) is 1.59. The molecule has 26 heavy (non-hydrogen) atoms. The number of rotatable bonds is 5. The third-order valence-corrected chi connectivity index (χ3v) is 5.19. The Morgan fingerprint density at radius 3 is 2.31 bits per heavy atom. The van der Waals surface area contributed by atoms with Gasteiger partial charge in [0.25, 0.3) is 0 Å². The lowest BCUT2D eigenvalue weighted by Gasteiger charge is -2.37. The van der Waals surface area contributed by atoms with E-state index in [4.69, 9.17) is 32.7 Å². The Balaban J connectivity index is 2.84. The molecule has 0 bridgehead atoms. The molecule has 1 aliphatic heterocycles. The fraction of sp³-hybridized carbons (Fsp3) is 0.333. The molecule has 1 unspecified atom stereocenters. The van der Waals surface area contributed by atoms with E-state index in [0.717, 1.165) is 0 Å². The smallest absolute Gasteiger partial charge is 0.336 e. The normalized spacial score (nSPS) is 17.6. The minimum atomic E-state index is -1.17. The molecule has 1 aromatic carbocycles. The van der Waals surface area contributed by atoms with Crippen LogP contribution in [-0.2, 0) is 19.1 Å². The molecule has 0 fully saturated rings. The van der Waals surface area contributed by atoms with Gasteiger partial charge in [-0.25, -0.2) is 9.59 Å². The first-order chi connectivity index (χ1) is 12.3. The van der Waals surface area contributed by atoms with E-state index in [1.807, 2.05) is 0 Å². The number of carboxylic acids is 1. The molecule has 2 rings (SSSR count). The fourth-order valence-corrected chi connectivity index (χ4v) is 3.55. The second-order valence-corrected chi connectivity index (χ2v) is 6.50. The Bertz CT molecular complexity index is 816. The lowest BCUT2D eigenvalue weighted by atomic mass is 9.80. The van der Waals surface area contributed by atoms with Crippen LogP contribution < -0.4 is 0 Å². The van der Waals surface area contributed by atoms with Gasteiger partial charge >= 0.3 is 11.9 Å². The van der Waals surface area contributed by atoms with Crippen LogP contribution in [0.4, 0.5) is 0 Å². The number of allylic oxidation sites excluding steroid dienone is 2. The second kappa shape index (κ2) is 8.12. The lowest BCUT2D eigenvalue weighted by Crippen LogP contribution is -2.35. The molecule has 1 N–H and O–H groups in total. The zero-order chi connectivity index (χ0) is 19.6. The second-order valence-electron chi connectivity index (χ2n) is 5.72. The Morgan fingerprint density at radius 1 is 1.15 bits per heavy atom. The Morgan fingerprint density at radius 2 is 1.77 bits per heavy atom. The van der Waals surface area contributed by atoms with Crippen molar-refractivity contribution >= 4 is 35.1 Å². The molecule has 0 aromatic heterocycles. The molecule has 1 heterocycles. The molecule has 0 spiro atoms. The number of aliphatic carboxylic acids is 1. The van der Waals surface area contributed by atoms with Crippen molar-refractivity contribution in [3.8, 4) is 0 Å². The van der Waals surface area contributed by atoms with Gasteiger partial charge in [0.2, 0.25) is 0 Å². The highest BCUT2D eigenvalue weighted by atomic mass is 35.5. The van der Waals surface area contributed by atoms with Crippen LogP contribution in [0.3, 0.4) is 0 Å². The number of benzene rings is 1.